The maximum absolute atomic E-state index is 15.0. The number of anilines is 1. The molecule has 1 fully saturated rings. The molecule has 1 aliphatic rings. The summed E-state index contributed by atoms with van der Waals surface area (Å²) in [6.45, 7) is 1.48. The van der Waals surface area contributed by atoms with Crippen molar-refractivity contribution in [2.75, 3.05) is 38.2 Å². The lowest BCUT2D eigenvalue weighted by Crippen LogP contribution is -2.51. The molecule has 2 N–H and O–H groups in total. The van der Waals surface area contributed by atoms with Crippen LogP contribution in [0.1, 0.15) is 39.6 Å². The van der Waals surface area contributed by atoms with E-state index in [9.17, 15) is 40.3 Å². The number of nitrogens with two attached hydrogens (primary N) is 1. The van der Waals surface area contributed by atoms with Crippen molar-refractivity contribution in [2.45, 2.75) is 45.0 Å². The lowest BCUT2D eigenvalue weighted by molar-refractivity contribution is -0.139. The molecule has 0 unspecified atom stereocenters. The number of ether oxygens (including phenoxy) is 1. The average Bonchev–Trinajstić information content (AvgIpc) is 3.05. The zero-order valence-electron chi connectivity index (χ0n) is 26.6. The Morgan fingerprint density at radius 2 is 1.51 bits per heavy atom. The van der Waals surface area contributed by atoms with Crippen LogP contribution in [-0.2, 0) is 32.0 Å². The normalized spacial score (nSPS) is 15.0. The average molecular weight is 694 g/mol. The fourth-order valence-corrected chi connectivity index (χ4v) is 6.14. The van der Waals surface area contributed by atoms with Gasteiger partial charge in [-0.1, -0.05) is 42.5 Å². The van der Waals surface area contributed by atoms with Crippen LogP contribution in [0.3, 0.4) is 0 Å². The van der Waals surface area contributed by atoms with Crippen LogP contribution in [0.15, 0.2) is 76.3 Å². The van der Waals surface area contributed by atoms with E-state index in [2.05, 4.69) is 0 Å². The van der Waals surface area contributed by atoms with Crippen LogP contribution < -0.4 is 26.6 Å². The van der Waals surface area contributed by atoms with Crippen molar-refractivity contribution >= 4 is 5.69 Å². The molecule has 1 aromatic heterocycles. The van der Waals surface area contributed by atoms with Gasteiger partial charge in [0.15, 0.2) is 0 Å². The third-order valence-corrected chi connectivity index (χ3v) is 8.66. The Hall–Kier alpha value is -4.63. The third kappa shape index (κ3) is 7.67. The first-order valence-electron chi connectivity index (χ1n) is 15.3. The fraction of sp³-hybridized carbons (Fsp3) is 0.353. The van der Waals surface area contributed by atoms with Gasteiger partial charge in [0.2, 0.25) is 0 Å². The minimum atomic E-state index is -4.92. The van der Waals surface area contributed by atoms with Gasteiger partial charge < -0.3 is 15.4 Å². The van der Waals surface area contributed by atoms with E-state index in [-0.39, 0.29) is 37.6 Å². The topological polar surface area (TPSA) is 85.7 Å². The molecule has 1 saturated heterocycles. The largest absolute Gasteiger partial charge is 0.496 e. The number of nitrogens with zero attached hydrogens (tertiary/aromatic N) is 4. The molecule has 0 saturated carbocycles. The second kappa shape index (κ2) is 14.1. The molecule has 0 spiro atoms. The number of benzene rings is 3. The number of hydrogen-bond acceptors (Lipinski definition) is 6. The van der Waals surface area contributed by atoms with Crippen LogP contribution >= 0.6 is 0 Å². The van der Waals surface area contributed by atoms with Crippen LogP contribution in [0, 0.1) is 12.7 Å². The quantitative estimate of drug-likeness (QED) is 0.231. The fourth-order valence-electron chi connectivity index (χ4n) is 6.14. The standard InChI is InChI=1S/C34H34F7N5O3/c1-21-30(44-15-13-43(14-16-44)18-22-7-5-8-23(17-22)33(36,37)38)31(47)46(20-28(42)24-9-3-4-12-29(24)49-2)32(48)45(21)19-25-26(34(39,40)41)10-6-11-27(25)35/h3-12,17,28H,13-16,18-20,42H2,1-2H3/t28-/m1/s1. The molecule has 2 heterocycles. The van der Waals surface area contributed by atoms with E-state index < -0.39 is 58.7 Å². The van der Waals surface area contributed by atoms with E-state index in [4.69, 9.17) is 10.5 Å². The van der Waals surface area contributed by atoms with E-state index in [0.717, 1.165) is 39.5 Å². The Morgan fingerprint density at radius 3 is 2.16 bits per heavy atom. The zero-order valence-corrected chi connectivity index (χ0v) is 26.6. The summed E-state index contributed by atoms with van der Waals surface area (Å²) in [6, 6.07) is 13.2. The number of para-hydroxylation sites is 1. The summed E-state index contributed by atoms with van der Waals surface area (Å²) in [4.78, 5) is 31.6. The van der Waals surface area contributed by atoms with Crippen LogP contribution in [0.25, 0.3) is 0 Å². The molecule has 0 amide bonds. The van der Waals surface area contributed by atoms with Gasteiger partial charge >= 0.3 is 18.0 Å². The second-order valence-corrected chi connectivity index (χ2v) is 11.8. The summed E-state index contributed by atoms with van der Waals surface area (Å²) in [5.74, 6) is -0.775. The first-order valence-corrected chi connectivity index (χ1v) is 15.3. The van der Waals surface area contributed by atoms with Gasteiger partial charge in [0.05, 0.1) is 37.4 Å². The molecule has 1 aliphatic heterocycles. The van der Waals surface area contributed by atoms with Crippen LogP contribution in [-0.4, -0.2) is 47.3 Å². The highest BCUT2D eigenvalue weighted by atomic mass is 19.4. The Balaban J connectivity index is 1.53. The molecule has 8 nitrogen and oxygen atoms in total. The van der Waals surface area contributed by atoms with Gasteiger partial charge in [0.25, 0.3) is 5.56 Å². The van der Waals surface area contributed by atoms with Crippen molar-refractivity contribution in [3.8, 4) is 5.75 Å². The molecule has 0 bridgehead atoms. The molecule has 0 radical (unpaired) electrons. The lowest BCUT2D eigenvalue weighted by atomic mass is 10.1. The van der Waals surface area contributed by atoms with E-state index in [1.54, 1.807) is 35.2 Å². The van der Waals surface area contributed by atoms with Gasteiger partial charge in [-0.25, -0.2) is 9.18 Å². The molecule has 5 rings (SSSR count). The van der Waals surface area contributed by atoms with Gasteiger partial charge in [-0.15, -0.1) is 0 Å². The van der Waals surface area contributed by atoms with Crippen LogP contribution in [0.5, 0.6) is 5.75 Å². The lowest BCUT2D eigenvalue weighted by Gasteiger charge is -2.37. The first-order chi connectivity index (χ1) is 23.1. The Morgan fingerprint density at radius 1 is 0.837 bits per heavy atom. The summed E-state index contributed by atoms with van der Waals surface area (Å²) in [7, 11) is 1.42. The maximum Gasteiger partial charge on any atom is 0.416 e. The van der Waals surface area contributed by atoms with Crippen molar-refractivity contribution in [2.24, 2.45) is 5.73 Å². The smallest absolute Gasteiger partial charge is 0.416 e. The minimum absolute atomic E-state index is 0.0236. The Bertz CT molecular complexity index is 1930. The predicted molar refractivity (Wildman–Crippen MR) is 169 cm³/mol. The van der Waals surface area contributed by atoms with Crippen molar-refractivity contribution in [3.63, 3.8) is 0 Å². The van der Waals surface area contributed by atoms with Crippen molar-refractivity contribution in [1.29, 1.82) is 0 Å². The van der Waals surface area contributed by atoms with Crippen LogP contribution in [0.2, 0.25) is 0 Å². The van der Waals surface area contributed by atoms with E-state index in [0.29, 0.717) is 30.0 Å². The summed E-state index contributed by atoms with van der Waals surface area (Å²) >= 11 is 0. The maximum atomic E-state index is 15.0. The van der Waals surface area contributed by atoms with Crippen molar-refractivity contribution in [3.05, 3.63) is 127 Å². The summed E-state index contributed by atoms with van der Waals surface area (Å²) in [5.41, 5.74) is 2.93. The van der Waals surface area contributed by atoms with E-state index in [1.165, 1.54) is 20.1 Å². The zero-order chi connectivity index (χ0) is 35.7. The number of alkyl halides is 6. The molecule has 1 atom stereocenters. The molecular formula is C34H34F7N5O3. The highest BCUT2D eigenvalue weighted by Crippen LogP contribution is 2.34. The highest BCUT2D eigenvalue weighted by molar-refractivity contribution is 5.50. The molecular weight excluding hydrogens is 659 g/mol. The minimum Gasteiger partial charge on any atom is -0.496 e. The first kappa shape index (κ1) is 35.7. The summed E-state index contributed by atoms with van der Waals surface area (Å²) in [5, 5.41) is 0. The number of piperazine rings is 1. The monoisotopic (exact) mass is 693 g/mol. The van der Waals surface area contributed by atoms with Gasteiger partial charge in [0, 0.05) is 49.5 Å². The van der Waals surface area contributed by atoms with Crippen molar-refractivity contribution in [1.82, 2.24) is 14.0 Å². The van der Waals surface area contributed by atoms with E-state index in [1.807, 2.05) is 4.90 Å². The van der Waals surface area contributed by atoms with Crippen LogP contribution in [0.4, 0.5) is 36.4 Å². The summed E-state index contributed by atoms with van der Waals surface area (Å²) < 4.78 is 104. The van der Waals surface area contributed by atoms with Gasteiger partial charge in [-0.3, -0.25) is 18.8 Å². The number of methoxy groups -OCH3 is 1. The molecule has 15 heteroatoms. The predicted octanol–water partition coefficient (Wildman–Crippen LogP) is 5.57. The molecule has 3 aromatic carbocycles. The molecule has 0 aliphatic carbocycles. The number of aromatic nitrogens is 2. The SMILES string of the molecule is COc1ccccc1[C@H](N)Cn1c(=O)c(N2CCN(Cc3cccc(C(F)(F)F)c3)CC2)c(C)n(Cc2c(F)cccc2C(F)(F)F)c1=O. The molecule has 262 valence electrons. The Labute approximate surface area is 276 Å². The van der Waals surface area contributed by atoms with Gasteiger partial charge in [0.1, 0.15) is 17.3 Å². The molecule has 49 heavy (non-hydrogen) atoms. The van der Waals surface area contributed by atoms with Crippen molar-refractivity contribution < 1.29 is 35.5 Å². The molecule has 4 aromatic rings. The third-order valence-electron chi connectivity index (χ3n) is 8.66. The van der Waals surface area contributed by atoms with E-state index >= 15 is 0 Å². The van der Waals surface area contributed by atoms with Gasteiger partial charge in [-0.05, 0) is 36.8 Å². The van der Waals surface area contributed by atoms with Gasteiger partial charge in [-0.2, -0.15) is 26.3 Å². The number of rotatable bonds is 9. The number of halogens is 7. The summed E-state index contributed by atoms with van der Waals surface area (Å²) in [6.07, 6.45) is -9.42. The number of hydrogen-bond donors (Lipinski definition) is 1. The highest BCUT2D eigenvalue weighted by Gasteiger charge is 2.35. The Kier molecular flexibility index (Phi) is 10.2. The second-order valence-electron chi connectivity index (χ2n) is 11.8.